The molecule has 0 N–H and O–H groups in total. The van der Waals surface area contributed by atoms with Crippen LogP contribution in [0.5, 0.6) is 0 Å². The number of para-hydroxylation sites is 2. The molecule has 0 unspecified atom stereocenters. The molecule has 1 aliphatic rings. The third-order valence-electron chi connectivity index (χ3n) is 5.64. The second kappa shape index (κ2) is 8.42. The Hall–Kier alpha value is -1.88. The minimum absolute atomic E-state index is 0.100. The van der Waals surface area contributed by atoms with Crippen LogP contribution in [-0.2, 0) is 17.9 Å². The second-order valence-electron chi connectivity index (χ2n) is 8.27. The van der Waals surface area contributed by atoms with E-state index < -0.39 is 0 Å². The minimum atomic E-state index is 0.100. The van der Waals surface area contributed by atoms with E-state index in [-0.39, 0.29) is 18.0 Å². The molecule has 1 atom stereocenters. The van der Waals surface area contributed by atoms with Crippen molar-refractivity contribution < 1.29 is 4.79 Å². The molecule has 3 rings (SSSR count). The number of hydrogen-bond acceptors (Lipinski definition) is 3. The Bertz CT molecular complexity index is 772. The highest BCUT2D eigenvalue weighted by molar-refractivity contribution is 5.79. The number of nitrogens with zero attached hydrogens (tertiary/aromatic N) is 4. The van der Waals surface area contributed by atoms with E-state index in [2.05, 4.69) is 67.2 Å². The summed E-state index contributed by atoms with van der Waals surface area (Å²) in [6.07, 6.45) is 2.07. The summed E-state index contributed by atoms with van der Waals surface area (Å²) < 4.78 is 2.30. The summed E-state index contributed by atoms with van der Waals surface area (Å²) in [5.74, 6) is 1.52. The predicted molar refractivity (Wildman–Crippen MR) is 111 cm³/mol. The van der Waals surface area contributed by atoms with E-state index in [4.69, 9.17) is 4.98 Å². The van der Waals surface area contributed by atoms with Gasteiger partial charge in [0, 0.05) is 25.2 Å². The van der Waals surface area contributed by atoms with E-state index in [0.717, 1.165) is 50.4 Å². The van der Waals surface area contributed by atoms with Gasteiger partial charge in [0.2, 0.25) is 5.91 Å². The number of hydrogen-bond donors (Lipinski definition) is 0. The Morgan fingerprint density at radius 2 is 1.93 bits per heavy atom. The SMILES string of the molecule is CCn1c(CN2CCC[C@@H](C(=O)N(C(C)C)C(C)C)C2)nc2ccccc21. The number of likely N-dealkylation sites (tertiary alicyclic amines) is 1. The Kier molecular flexibility index (Phi) is 6.20. The summed E-state index contributed by atoms with van der Waals surface area (Å²) in [5.41, 5.74) is 2.26. The average Bonchev–Trinajstić information content (AvgIpc) is 2.98. The molecule has 0 saturated carbocycles. The van der Waals surface area contributed by atoms with Crippen molar-refractivity contribution in [3.05, 3.63) is 30.1 Å². The van der Waals surface area contributed by atoms with Crippen molar-refractivity contribution in [2.24, 2.45) is 5.92 Å². The van der Waals surface area contributed by atoms with E-state index in [1.165, 1.54) is 5.52 Å². The minimum Gasteiger partial charge on any atom is -0.338 e. The number of aryl methyl sites for hydroxylation is 1. The molecule has 0 bridgehead atoms. The molecule has 1 aromatic carbocycles. The van der Waals surface area contributed by atoms with E-state index in [1.54, 1.807) is 0 Å². The quantitative estimate of drug-likeness (QED) is 0.774. The molecule has 2 aromatic rings. The maximum Gasteiger partial charge on any atom is 0.227 e. The number of aromatic nitrogens is 2. The Morgan fingerprint density at radius 1 is 1.22 bits per heavy atom. The average molecular weight is 371 g/mol. The molecule has 0 spiro atoms. The summed E-state index contributed by atoms with van der Waals surface area (Å²) in [6, 6.07) is 8.83. The molecular formula is C22H34N4O. The molecule has 5 heteroatoms. The fourth-order valence-electron chi connectivity index (χ4n) is 4.52. The second-order valence-corrected chi connectivity index (χ2v) is 8.27. The first-order valence-electron chi connectivity index (χ1n) is 10.4. The first kappa shape index (κ1) is 19.9. The van der Waals surface area contributed by atoms with Gasteiger partial charge < -0.3 is 9.47 Å². The largest absolute Gasteiger partial charge is 0.338 e. The van der Waals surface area contributed by atoms with Crippen molar-refractivity contribution in [3.63, 3.8) is 0 Å². The van der Waals surface area contributed by atoms with Gasteiger partial charge in [0.15, 0.2) is 0 Å². The van der Waals surface area contributed by atoms with E-state index in [1.807, 2.05) is 6.07 Å². The maximum atomic E-state index is 13.1. The standard InChI is InChI=1S/C22H34N4O/c1-6-25-20-12-8-7-11-19(20)23-21(25)15-24-13-9-10-18(14-24)22(27)26(16(2)3)17(4)5/h7-8,11-12,16-18H,6,9-10,13-15H2,1-5H3/t18-/m1/s1. The van der Waals surface area contributed by atoms with Crippen LogP contribution in [0.25, 0.3) is 11.0 Å². The molecule has 1 aliphatic heterocycles. The third kappa shape index (κ3) is 4.18. The van der Waals surface area contributed by atoms with Crippen LogP contribution in [0.3, 0.4) is 0 Å². The molecule has 2 heterocycles. The van der Waals surface area contributed by atoms with Crippen molar-refractivity contribution in [1.29, 1.82) is 0 Å². The fourth-order valence-corrected chi connectivity index (χ4v) is 4.52. The zero-order valence-corrected chi connectivity index (χ0v) is 17.5. The van der Waals surface area contributed by atoms with Gasteiger partial charge in [-0.05, 0) is 66.1 Å². The van der Waals surface area contributed by atoms with Gasteiger partial charge in [-0.3, -0.25) is 9.69 Å². The maximum absolute atomic E-state index is 13.1. The lowest BCUT2D eigenvalue weighted by atomic mass is 9.95. The molecular weight excluding hydrogens is 336 g/mol. The van der Waals surface area contributed by atoms with Gasteiger partial charge in [0.25, 0.3) is 0 Å². The molecule has 1 aromatic heterocycles. The predicted octanol–water partition coefficient (Wildman–Crippen LogP) is 3.91. The van der Waals surface area contributed by atoms with Crippen LogP contribution in [0.15, 0.2) is 24.3 Å². The van der Waals surface area contributed by atoms with Crippen molar-refractivity contribution in [2.75, 3.05) is 13.1 Å². The number of benzene rings is 1. The topological polar surface area (TPSA) is 41.4 Å². The van der Waals surface area contributed by atoms with Crippen molar-refractivity contribution >= 4 is 16.9 Å². The van der Waals surface area contributed by atoms with Gasteiger partial charge in [-0.15, -0.1) is 0 Å². The highest BCUT2D eigenvalue weighted by Crippen LogP contribution is 2.24. The lowest BCUT2D eigenvalue weighted by Crippen LogP contribution is -2.49. The molecule has 1 saturated heterocycles. The van der Waals surface area contributed by atoms with Gasteiger partial charge in [-0.1, -0.05) is 12.1 Å². The van der Waals surface area contributed by atoms with Crippen molar-refractivity contribution in [1.82, 2.24) is 19.4 Å². The molecule has 0 aliphatic carbocycles. The van der Waals surface area contributed by atoms with Gasteiger partial charge in [-0.25, -0.2) is 4.98 Å². The Morgan fingerprint density at radius 3 is 2.59 bits per heavy atom. The van der Waals surface area contributed by atoms with E-state index in [0.29, 0.717) is 5.91 Å². The van der Waals surface area contributed by atoms with Gasteiger partial charge in [0.05, 0.1) is 23.5 Å². The summed E-state index contributed by atoms with van der Waals surface area (Å²) in [6.45, 7) is 14.2. The van der Waals surface area contributed by atoms with Gasteiger partial charge >= 0.3 is 0 Å². The summed E-state index contributed by atoms with van der Waals surface area (Å²) in [5, 5.41) is 0. The summed E-state index contributed by atoms with van der Waals surface area (Å²) >= 11 is 0. The van der Waals surface area contributed by atoms with Crippen LogP contribution in [0.1, 0.15) is 53.3 Å². The third-order valence-corrected chi connectivity index (χ3v) is 5.64. The first-order chi connectivity index (χ1) is 12.9. The highest BCUT2D eigenvalue weighted by atomic mass is 16.2. The number of amides is 1. The Balaban J connectivity index is 1.74. The molecule has 148 valence electrons. The highest BCUT2D eigenvalue weighted by Gasteiger charge is 2.32. The van der Waals surface area contributed by atoms with Crippen LogP contribution in [-0.4, -0.2) is 50.4 Å². The lowest BCUT2D eigenvalue weighted by molar-refractivity contribution is -0.141. The molecule has 5 nitrogen and oxygen atoms in total. The van der Waals surface area contributed by atoms with Crippen LogP contribution in [0.4, 0.5) is 0 Å². The van der Waals surface area contributed by atoms with E-state index in [9.17, 15) is 4.79 Å². The zero-order valence-electron chi connectivity index (χ0n) is 17.5. The van der Waals surface area contributed by atoms with Gasteiger partial charge in [0.1, 0.15) is 5.82 Å². The summed E-state index contributed by atoms with van der Waals surface area (Å²) in [4.78, 5) is 22.5. The van der Waals surface area contributed by atoms with E-state index >= 15 is 0 Å². The first-order valence-corrected chi connectivity index (χ1v) is 10.4. The zero-order chi connectivity index (χ0) is 19.6. The number of piperidine rings is 1. The van der Waals surface area contributed by atoms with Crippen LogP contribution in [0, 0.1) is 5.92 Å². The van der Waals surface area contributed by atoms with Crippen LogP contribution < -0.4 is 0 Å². The van der Waals surface area contributed by atoms with Gasteiger partial charge in [-0.2, -0.15) is 0 Å². The number of carbonyl (C=O) groups excluding carboxylic acids is 1. The fraction of sp³-hybridized carbons (Fsp3) is 0.636. The number of imidazole rings is 1. The normalized spacial score (nSPS) is 18.6. The number of carbonyl (C=O) groups is 1. The molecule has 1 fully saturated rings. The van der Waals surface area contributed by atoms with Crippen molar-refractivity contribution in [2.45, 2.75) is 72.6 Å². The smallest absolute Gasteiger partial charge is 0.227 e. The van der Waals surface area contributed by atoms with Crippen LogP contribution in [0.2, 0.25) is 0 Å². The van der Waals surface area contributed by atoms with Crippen LogP contribution >= 0.6 is 0 Å². The lowest BCUT2D eigenvalue weighted by Gasteiger charge is -2.38. The molecule has 0 radical (unpaired) electrons. The summed E-state index contributed by atoms with van der Waals surface area (Å²) in [7, 11) is 0. The molecule has 27 heavy (non-hydrogen) atoms. The number of rotatable bonds is 6. The molecule has 1 amide bonds. The Labute approximate surface area is 163 Å². The monoisotopic (exact) mass is 370 g/mol. The van der Waals surface area contributed by atoms with Crippen molar-refractivity contribution in [3.8, 4) is 0 Å². The number of fused-ring (bicyclic) bond motifs is 1.